The van der Waals surface area contributed by atoms with Gasteiger partial charge in [0.1, 0.15) is 0 Å². The second-order valence-electron chi connectivity index (χ2n) is 6.13. The summed E-state index contributed by atoms with van der Waals surface area (Å²) in [6.07, 6.45) is 3.16. The zero-order valence-electron chi connectivity index (χ0n) is 12.9. The summed E-state index contributed by atoms with van der Waals surface area (Å²) in [5, 5.41) is 3.11. The zero-order valence-corrected chi connectivity index (χ0v) is 13.8. The lowest BCUT2D eigenvalue weighted by atomic mass is 10.0. The second-order valence-corrected chi connectivity index (χ2v) is 7.04. The van der Waals surface area contributed by atoms with Gasteiger partial charge in [0.15, 0.2) is 0 Å². The number of likely N-dealkylation sites (tertiary alicyclic amines) is 1. The third kappa shape index (κ3) is 2.77. The molecule has 116 valence electrons. The van der Waals surface area contributed by atoms with Gasteiger partial charge in [0.2, 0.25) is 0 Å². The number of amides is 1. The number of rotatable bonds is 3. The number of thiophene rings is 1. The molecule has 3 aromatic rings. The van der Waals surface area contributed by atoms with E-state index in [1.165, 1.54) is 10.3 Å². The van der Waals surface area contributed by atoms with Crippen molar-refractivity contribution in [2.24, 2.45) is 0 Å². The molecule has 23 heavy (non-hydrogen) atoms. The fourth-order valence-corrected chi connectivity index (χ4v) is 4.43. The first-order chi connectivity index (χ1) is 11.3. The predicted molar refractivity (Wildman–Crippen MR) is 96.0 cm³/mol. The van der Waals surface area contributed by atoms with Crippen molar-refractivity contribution in [2.75, 3.05) is 6.54 Å². The molecule has 0 spiro atoms. The highest BCUT2D eigenvalue weighted by Crippen LogP contribution is 2.30. The minimum absolute atomic E-state index is 0.195. The van der Waals surface area contributed by atoms with E-state index in [2.05, 4.69) is 41.3 Å². The first-order valence-electron chi connectivity index (χ1n) is 8.14. The van der Waals surface area contributed by atoms with E-state index in [0.29, 0.717) is 6.04 Å². The Labute approximate surface area is 140 Å². The van der Waals surface area contributed by atoms with Gasteiger partial charge >= 0.3 is 0 Å². The van der Waals surface area contributed by atoms with Crippen LogP contribution in [-0.4, -0.2) is 23.4 Å². The molecule has 2 heterocycles. The molecule has 3 heteroatoms. The molecule has 0 aliphatic carbocycles. The van der Waals surface area contributed by atoms with Crippen molar-refractivity contribution in [1.82, 2.24) is 4.90 Å². The van der Waals surface area contributed by atoms with E-state index in [-0.39, 0.29) is 5.91 Å². The fourth-order valence-electron chi connectivity index (χ4n) is 3.50. The van der Waals surface area contributed by atoms with Crippen LogP contribution in [0, 0.1) is 0 Å². The topological polar surface area (TPSA) is 20.3 Å². The zero-order chi connectivity index (χ0) is 15.6. The highest BCUT2D eigenvalue weighted by Gasteiger charge is 2.30. The molecular formula is C20H19NOS. The van der Waals surface area contributed by atoms with Gasteiger partial charge in [-0.15, -0.1) is 11.3 Å². The Morgan fingerprint density at radius 2 is 1.87 bits per heavy atom. The van der Waals surface area contributed by atoms with Crippen molar-refractivity contribution >= 4 is 27.3 Å². The van der Waals surface area contributed by atoms with Gasteiger partial charge in [-0.25, -0.2) is 0 Å². The lowest BCUT2D eigenvalue weighted by Crippen LogP contribution is -2.36. The molecule has 1 saturated heterocycles. The van der Waals surface area contributed by atoms with E-state index >= 15 is 0 Å². The van der Waals surface area contributed by atoms with Crippen LogP contribution in [-0.2, 0) is 6.42 Å². The normalized spacial score (nSPS) is 17.7. The second kappa shape index (κ2) is 6.17. The van der Waals surface area contributed by atoms with Crippen LogP contribution in [0.2, 0.25) is 0 Å². The average molecular weight is 321 g/mol. The standard InChI is InChI=1S/C20H19NOS/c22-20(18-14-23-19-11-5-4-10-17(18)19)21-12-6-9-16(21)13-15-7-2-1-3-8-15/h1-5,7-8,10-11,14,16H,6,9,12-13H2. The fraction of sp³-hybridized carbons (Fsp3) is 0.250. The summed E-state index contributed by atoms with van der Waals surface area (Å²) in [4.78, 5) is 15.1. The van der Waals surface area contributed by atoms with Gasteiger partial charge < -0.3 is 4.90 Å². The molecule has 1 atom stereocenters. The molecule has 0 bridgehead atoms. The van der Waals surface area contributed by atoms with Crippen molar-refractivity contribution in [3.63, 3.8) is 0 Å². The van der Waals surface area contributed by atoms with Gasteiger partial charge in [-0.3, -0.25) is 4.79 Å². The summed E-state index contributed by atoms with van der Waals surface area (Å²) in [7, 11) is 0. The van der Waals surface area contributed by atoms with E-state index < -0.39 is 0 Å². The van der Waals surface area contributed by atoms with Crippen LogP contribution in [0.15, 0.2) is 60.0 Å². The molecule has 2 aromatic carbocycles. The van der Waals surface area contributed by atoms with Crippen LogP contribution in [0.25, 0.3) is 10.1 Å². The maximum Gasteiger partial charge on any atom is 0.255 e. The van der Waals surface area contributed by atoms with Gasteiger partial charge in [-0.1, -0.05) is 48.5 Å². The number of carbonyl (C=O) groups is 1. The molecular weight excluding hydrogens is 302 g/mol. The molecule has 1 unspecified atom stereocenters. The highest BCUT2D eigenvalue weighted by molar-refractivity contribution is 7.17. The van der Waals surface area contributed by atoms with Gasteiger partial charge in [0.05, 0.1) is 5.56 Å². The summed E-state index contributed by atoms with van der Waals surface area (Å²) in [5.41, 5.74) is 2.18. The van der Waals surface area contributed by atoms with E-state index in [9.17, 15) is 4.79 Å². The van der Waals surface area contributed by atoms with E-state index in [1.807, 2.05) is 23.6 Å². The first kappa shape index (κ1) is 14.5. The summed E-state index contributed by atoms with van der Waals surface area (Å²) in [6, 6.07) is 19.0. The molecule has 0 radical (unpaired) electrons. The van der Waals surface area contributed by atoms with Crippen molar-refractivity contribution in [3.8, 4) is 0 Å². The summed E-state index contributed by atoms with van der Waals surface area (Å²) in [6.45, 7) is 0.876. The largest absolute Gasteiger partial charge is 0.335 e. The maximum absolute atomic E-state index is 13.1. The molecule has 1 aliphatic heterocycles. The molecule has 4 rings (SSSR count). The summed E-state index contributed by atoms with van der Waals surface area (Å²) in [5.74, 6) is 0.195. The lowest BCUT2D eigenvalue weighted by Gasteiger charge is -2.24. The van der Waals surface area contributed by atoms with E-state index in [1.54, 1.807) is 11.3 Å². The Hall–Kier alpha value is -2.13. The van der Waals surface area contributed by atoms with Crippen molar-refractivity contribution in [1.29, 1.82) is 0 Å². The molecule has 1 aliphatic rings. The molecule has 1 aromatic heterocycles. The summed E-state index contributed by atoms with van der Waals surface area (Å²) >= 11 is 1.66. The van der Waals surface area contributed by atoms with Crippen molar-refractivity contribution < 1.29 is 4.79 Å². The van der Waals surface area contributed by atoms with Crippen LogP contribution in [0.1, 0.15) is 28.8 Å². The Balaban J connectivity index is 1.60. The quantitative estimate of drug-likeness (QED) is 0.682. The van der Waals surface area contributed by atoms with Gasteiger partial charge in [-0.2, -0.15) is 0 Å². The molecule has 0 N–H and O–H groups in total. The van der Waals surface area contributed by atoms with Crippen LogP contribution < -0.4 is 0 Å². The molecule has 0 saturated carbocycles. The van der Waals surface area contributed by atoms with Gasteiger partial charge in [0.25, 0.3) is 5.91 Å². The first-order valence-corrected chi connectivity index (χ1v) is 9.02. The predicted octanol–water partition coefficient (Wildman–Crippen LogP) is 4.75. The Morgan fingerprint density at radius 3 is 2.74 bits per heavy atom. The number of fused-ring (bicyclic) bond motifs is 1. The smallest absolute Gasteiger partial charge is 0.255 e. The number of hydrogen-bond donors (Lipinski definition) is 0. The van der Waals surface area contributed by atoms with Crippen LogP contribution >= 0.6 is 11.3 Å². The third-order valence-electron chi connectivity index (χ3n) is 4.66. The molecule has 2 nitrogen and oxygen atoms in total. The maximum atomic E-state index is 13.1. The number of benzene rings is 2. The van der Waals surface area contributed by atoms with E-state index in [4.69, 9.17) is 0 Å². The number of carbonyl (C=O) groups excluding carboxylic acids is 1. The average Bonchev–Trinajstić information content (AvgIpc) is 3.22. The minimum atomic E-state index is 0.195. The SMILES string of the molecule is O=C(c1csc2ccccc12)N1CCCC1Cc1ccccc1. The Bertz CT molecular complexity index is 824. The lowest BCUT2D eigenvalue weighted by molar-refractivity contribution is 0.0739. The minimum Gasteiger partial charge on any atom is -0.335 e. The van der Waals surface area contributed by atoms with E-state index in [0.717, 1.165) is 36.8 Å². The van der Waals surface area contributed by atoms with Crippen LogP contribution in [0.4, 0.5) is 0 Å². The number of nitrogens with zero attached hydrogens (tertiary/aromatic N) is 1. The monoisotopic (exact) mass is 321 g/mol. The van der Waals surface area contributed by atoms with Gasteiger partial charge in [0, 0.05) is 28.1 Å². The Morgan fingerprint density at radius 1 is 1.09 bits per heavy atom. The van der Waals surface area contributed by atoms with Crippen LogP contribution in [0.3, 0.4) is 0 Å². The molecule has 1 amide bonds. The highest BCUT2D eigenvalue weighted by atomic mass is 32.1. The van der Waals surface area contributed by atoms with Crippen molar-refractivity contribution in [2.45, 2.75) is 25.3 Å². The third-order valence-corrected chi connectivity index (χ3v) is 5.63. The Kier molecular flexibility index (Phi) is 3.88. The van der Waals surface area contributed by atoms with Gasteiger partial charge in [-0.05, 0) is 30.9 Å². The van der Waals surface area contributed by atoms with Crippen molar-refractivity contribution in [3.05, 3.63) is 71.1 Å². The summed E-state index contributed by atoms with van der Waals surface area (Å²) < 4.78 is 1.19. The van der Waals surface area contributed by atoms with Crippen LogP contribution in [0.5, 0.6) is 0 Å². The molecule has 1 fully saturated rings. The number of hydrogen-bond acceptors (Lipinski definition) is 2.